The molecule has 6 nitrogen and oxygen atoms in total. The molecule has 6 heteroatoms. The highest BCUT2D eigenvalue weighted by Crippen LogP contribution is 2.23. The molecule has 0 aromatic heterocycles. The molecular weight excluding hydrogens is 416 g/mol. The summed E-state index contributed by atoms with van der Waals surface area (Å²) in [4.78, 5) is 38.6. The fourth-order valence-electron chi connectivity index (χ4n) is 4.11. The van der Waals surface area contributed by atoms with E-state index in [1.807, 2.05) is 31.2 Å². The van der Waals surface area contributed by atoms with Crippen LogP contribution in [0.5, 0.6) is 0 Å². The van der Waals surface area contributed by atoms with E-state index in [-0.39, 0.29) is 29.8 Å². The van der Waals surface area contributed by atoms with Crippen molar-refractivity contribution < 1.29 is 19.1 Å². The predicted octanol–water partition coefficient (Wildman–Crippen LogP) is 5.37. The van der Waals surface area contributed by atoms with Crippen LogP contribution in [0.1, 0.15) is 94.8 Å². The number of carbonyl (C=O) groups excluding carboxylic acids is 3. The number of nitrogens with two attached hydrogens (primary N) is 1. The molecular formula is C27H40N2O4. The zero-order valence-electron chi connectivity index (χ0n) is 20.2. The van der Waals surface area contributed by atoms with Gasteiger partial charge in [0.25, 0.3) is 5.91 Å². The van der Waals surface area contributed by atoms with Gasteiger partial charge in [0.15, 0.2) is 0 Å². The first kappa shape index (κ1) is 26.6. The first-order valence-corrected chi connectivity index (χ1v) is 12.5. The molecule has 0 fully saturated rings. The number of unbranched alkanes of at least 4 members (excludes halogenated alkanes) is 5. The van der Waals surface area contributed by atoms with Crippen molar-refractivity contribution in [1.82, 2.24) is 4.90 Å². The Morgan fingerprint density at radius 1 is 1.00 bits per heavy atom. The third-order valence-electron chi connectivity index (χ3n) is 6.30. The van der Waals surface area contributed by atoms with E-state index < -0.39 is 6.04 Å². The Morgan fingerprint density at radius 3 is 2.27 bits per heavy atom. The first-order chi connectivity index (χ1) is 15.9. The SMILES string of the molecule is CCCCCC[C@H](CCCCC[C@@H](C)C(N)=O)OC(=O)[C@@H]1CC=CN1C(=O)c1ccccc1. The van der Waals surface area contributed by atoms with E-state index in [1.165, 1.54) is 11.3 Å². The van der Waals surface area contributed by atoms with E-state index in [1.54, 1.807) is 18.3 Å². The summed E-state index contributed by atoms with van der Waals surface area (Å²) < 4.78 is 5.95. The van der Waals surface area contributed by atoms with Crippen molar-refractivity contribution in [2.45, 2.75) is 96.6 Å². The molecule has 0 saturated carbocycles. The van der Waals surface area contributed by atoms with Crippen molar-refractivity contribution in [3.05, 3.63) is 48.2 Å². The lowest BCUT2D eigenvalue weighted by atomic mass is 9.99. The Kier molecular flexibility index (Phi) is 11.7. The standard InChI is InChI=1S/C27H40N2O4/c1-3-4-5-11-17-23(18-12-6-8-14-21(2)25(28)30)33-27(32)24-19-13-20-29(24)26(31)22-15-9-7-10-16-22/h7,9-10,13,15-16,20-21,23-24H,3-6,8,11-12,14,17-19H2,1-2H3,(H2,28,30)/t21-,23-,24+/m1/s1. The maximum absolute atomic E-state index is 13.0. The monoisotopic (exact) mass is 456 g/mol. The summed E-state index contributed by atoms with van der Waals surface area (Å²) in [5.41, 5.74) is 5.89. The number of benzene rings is 1. The van der Waals surface area contributed by atoms with E-state index in [9.17, 15) is 14.4 Å². The van der Waals surface area contributed by atoms with Crippen LogP contribution < -0.4 is 5.73 Å². The number of rotatable bonds is 15. The van der Waals surface area contributed by atoms with Gasteiger partial charge in [0, 0.05) is 17.7 Å². The fraction of sp³-hybridized carbons (Fsp3) is 0.593. The molecule has 0 bridgehead atoms. The summed E-state index contributed by atoms with van der Waals surface area (Å²) in [7, 11) is 0. The summed E-state index contributed by atoms with van der Waals surface area (Å²) in [5, 5.41) is 0. The minimum absolute atomic E-state index is 0.101. The molecule has 2 amide bonds. The Bertz CT molecular complexity index is 778. The average Bonchev–Trinajstić information content (AvgIpc) is 3.31. The van der Waals surface area contributed by atoms with Gasteiger partial charge in [0.05, 0.1) is 0 Å². The van der Waals surface area contributed by atoms with Gasteiger partial charge in [-0.05, 0) is 50.7 Å². The molecule has 0 saturated heterocycles. The number of esters is 1. The fourth-order valence-corrected chi connectivity index (χ4v) is 4.11. The highest BCUT2D eigenvalue weighted by Gasteiger charge is 2.34. The number of amides is 2. The van der Waals surface area contributed by atoms with Crippen LogP contribution in [-0.2, 0) is 14.3 Å². The van der Waals surface area contributed by atoms with E-state index >= 15 is 0 Å². The van der Waals surface area contributed by atoms with Crippen LogP contribution in [-0.4, -0.2) is 34.8 Å². The van der Waals surface area contributed by atoms with Crippen molar-refractivity contribution in [3.63, 3.8) is 0 Å². The maximum atomic E-state index is 13.0. The molecule has 0 aliphatic carbocycles. The lowest BCUT2D eigenvalue weighted by Crippen LogP contribution is -2.41. The number of carbonyl (C=O) groups is 3. The van der Waals surface area contributed by atoms with Crippen molar-refractivity contribution in [3.8, 4) is 0 Å². The van der Waals surface area contributed by atoms with Gasteiger partial charge >= 0.3 is 5.97 Å². The molecule has 0 spiro atoms. The van der Waals surface area contributed by atoms with Gasteiger partial charge in [0.2, 0.25) is 5.91 Å². The van der Waals surface area contributed by atoms with Crippen molar-refractivity contribution in [2.24, 2.45) is 11.7 Å². The van der Waals surface area contributed by atoms with Crippen LogP contribution in [0.3, 0.4) is 0 Å². The van der Waals surface area contributed by atoms with Crippen molar-refractivity contribution in [1.29, 1.82) is 0 Å². The molecule has 1 aliphatic rings. The topological polar surface area (TPSA) is 89.7 Å². The van der Waals surface area contributed by atoms with E-state index in [0.29, 0.717) is 12.0 Å². The van der Waals surface area contributed by atoms with Gasteiger partial charge in [-0.2, -0.15) is 0 Å². The Balaban J connectivity index is 1.89. The van der Waals surface area contributed by atoms with Crippen LogP contribution in [0.4, 0.5) is 0 Å². The van der Waals surface area contributed by atoms with Gasteiger partial charge in [-0.1, -0.05) is 70.2 Å². The van der Waals surface area contributed by atoms with E-state index in [0.717, 1.165) is 57.8 Å². The van der Waals surface area contributed by atoms with Gasteiger partial charge in [0.1, 0.15) is 12.1 Å². The van der Waals surface area contributed by atoms with Crippen LogP contribution in [0.15, 0.2) is 42.6 Å². The summed E-state index contributed by atoms with van der Waals surface area (Å²) in [6.07, 6.45) is 13.7. The number of nitrogens with zero attached hydrogens (tertiary/aromatic N) is 1. The molecule has 2 rings (SSSR count). The highest BCUT2D eigenvalue weighted by molar-refractivity contribution is 5.98. The third-order valence-corrected chi connectivity index (χ3v) is 6.30. The molecule has 33 heavy (non-hydrogen) atoms. The van der Waals surface area contributed by atoms with Crippen LogP contribution in [0.2, 0.25) is 0 Å². The smallest absolute Gasteiger partial charge is 0.329 e. The molecule has 1 aromatic carbocycles. The van der Waals surface area contributed by atoms with Gasteiger partial charge < -0.3 is 15.4 Å². The molecule has 0 unspecified atom stereocenters. The van der Waals surface area contributed by atoms with Gasteiger partial charge in [-0.15, -0.1) is 0 Å². The molecule has 1 aromatic rings. The second-order valence-corrected chi connectivity index (χ2v) is 9.06. The number of ether oxygens (including phenoxy) is 1. The third kappa shape index (κ3) is 9.03. The molecule has 1 heterocycles. The zero-order valence-corrected chi connectivity index (χ0v) is 20.2. The second-order valence-electron chi connectivity index (χ2n) is 9.06. The normalized spacial score (nSPS) is 17.0. The molecule has 0 radical (unpaired) electrons. The summed E-state index contributed by atoms with van der Waals surface area (Å²) in [6, 6.07) is 8.40. The zero-order chi connectivity index (χ0) is 24.1. The Hall–Kier alpha value is -2.63. The largest absolute Gasteiger partial charge is 0.461 e. The van der Waals surface area contributed by atoms with Gasteiger partial charge in [-0.3, -0.25) is 9.59 Å². The Labute approximate surface area is 198 Å². The Morgan fingerprint density at radius 2 is 1.64 bits per heavy atom. The lowest BCUT2D eigenvalue weighted by Gasteiger charge is -2.25. The van der Waals surface area contributed by atoms with Crippen LogP contribution in [0, 0.1) is 5.92 Å². The number of hydrogen-bond donors (Lipinski definition) is 1. The minimum atomic E-state index is -0.604. The molecule has 1 aliphatic heterocycles. The second kappa shape index (κ2) is 14.5. The number of primary amides is 1. The highest BCUT2D eigenvalue weighted by atomic mass is 16.5. The van der Waals surface area contributed by atoms with Crippen LogP contribution in [0.25, 0.3) is 0 Å². The quantitative estimate of drug-likeness (QED) is 0.284. The van der Waals surface area contributed by atoms with Crippen LogP contribution >= 0.6 is 0 Å². The van der Waals surface area contributed by atoms with Gasteiger partial charge in [-0.25, -0.2) is 4.79 Å². The van der Waals surface area contributed by atoms with E-state index in [4.69, 9.17) is 10.5 Å². The molecule has 3 atom stereocenters. The van der Waals surface area contributed by atoms with Crippen molar-refractivity contribution in [2.75, 3.05) is 0 Å². The maximum Gasteiger partial charge on any atom is 0.329 e. The predicted molar refractivity (Wildman–Crippen MR) is 130 cm³/mol. The van der Waals surface area contributed by atoms with Crippen molar-refractivity contribution >= 4 is 17.8 Å². The molecule has 182 valence electrons. The summed E-state index contributed by atoms with van der Waals surface area (Å²) in [5.74, 6) is -0.866. The summed E-state index contributed by atoms with van der Waals surface area (Å²) >= 11 is 0. The lowest BCUT2D eigenvalue weighted by molar-refractivity contribution is -0.154. The average molecular weight is 457 g/mol. The van der Waals surface area contributed by atoms with E-state index in [2.05, 4.69) is 6.92 Å². The minimum Gasteiger partial charge on any atom is -0.461 e. The molecule has 2 N–H and O–H groups in total. The number of hydrogen-bond acceptors (Lipinski definition) is 4. The summed E-state index contributed by atoms with van der Waals surface area (Å²) in [6.45, 7) is 4.04. The first-order valence-electron chi connectivity index (χ1n) is 12.5.